The molecule has 1 fully saturated rings. The molecule has 0 aliphatic heterocycles. The molecule has 112 valence electrons. The van der Waals surface area contributed by atoms with Gasteiger partial charge in [-0.1, -0.05) is 24.7 Å². The number of nitrogens with zero attached hydrogens (tertiary/aromatic N) is 1. The van der Waals surface area contributed by atoms with E-state index in [1.54, 1.807) is 17.0 Å². The van der Waals surface area contributed by atoms with E-state index in [9.17, 15) is 9.59 Å². The Labute approximate surface area is 127 Å². The number of aliphatic hydroxyl groups is 1. The highest BCUT2D eigenvalue weighted by atomic mass is 32.1. The van der Waals surface area contributed by atoms with Crippen LogP contribution in [0.3, 0.4) is 0 Å². The van der Waals surface area contributed by atoms with Gasteiger partial charge < -0.3 is 15.7 Å². The summed E-state index contributed by atoms with van der Waals surface area (Å²) in [4.78, 5) is 26.7. The first-order valence-electron chi connectivity index (χ1n) is 6.90. The zero-order chi connectivity index (χ0) is 15.2. The molecular formula is C15H18N2O3S. The molecule has 1 aromatic heterocycles. The third-order valence-corrected chi connectivity index (χ3v) is 4.45. The van der Waals surface area contributed by atoms with Crippen LogP contribution < -0.4 is 5.73 Å². The Morgan fingerprint density at radius 1 is 1.38 bits per heavy atom. The molecule has 2 rings (SSSR count). The molecule has 0 atom stereocenters. The summed E-state index contributed by atoms with van der Waals surface area (Å²) in [5.41, 5.74) is 5.27. The number of aliphatic hydroxyl groups excluding tert-OH is 1. The van der Waals surface area contributed by atoms with E-state index in [4.69, 9.17) is 10.8 Å². The lowest BCUT2D eigenvalue weighted by atomic mass is 10.2. The lowest BCUT2D eigenvalue weighted by molar-refractivity contribution is -0.119. The highest BCUT2D eigenvalue weighted by Crippen LogP contribution is 2.26. The number of hydrogen-bond donors (Lipinski definition) is 2. The lowest BCUT2D eigenvalue weighted by Crippen LogP contribution is -2.43. The quantitative estimate of drug-likeness (QED) is 0.813. The van der Waals surface area contributed by atoms with Gasteiger partial charge in [0.15, 0.2) is 0 Å². The molecule has 1 aliphatic rings. The van der Waals surface area contributed by atoms with Crippen molar-refractivity contribution in [3.63, 3.8) is 0 Å². The fourth-order valence-electron chi connectivity index (χ4n) is 2.54. The molecule has 0 saturated heterocycles. The van der Waals surface area contributed by atoms with Crippen LogP contribution in [0.5, 0.6) is 0 Å². The van der Waals surface area contributed by atoms with E-state index in [0.717, 1.165) is 30.6 Å². The standard InChI is InChI=1S/C15H18N2O3S/c16-14(19)10-17(11-4-1-2-5-11)15(20)13-8-7-12(21-13)6-3-9-18/h7-8,11,18H,1-2,4-5,9-10H2,(H2,16,19). The Morgan fingerprint density at radius 3 is 2.71 bits per heavy atom. The van der Waals surface area contributed by atoms with E-state index in [0.29, 0.717) is 4.88 Å². The summed E-state index contributed by atoms with van der Waals surface area (Å²) in [5.74, 6) is 4.67. The summed E-state index contributed by atoms with van der Waals surface area (Å²) in [7, 11) is 0. The van der Waals surface area contributed by atoms with Gasteiger partial charge in [-0.15, -0.1) is 11.3 Å². The van der Waals surface area contributed by atoms with Gasteiger partial charge in [0.25, 0.3) is 5.91 Å². The van der Waals surface area contributed by atoms with E-state index in [1.165, 1.54) is 11.3 Å². The van der Waals surface area contributed by atoms with Gasteiger partial charge in [0, 0.05) is 6.04 Å². The molecule has 0 bridgehead atoms. The van der Waals surface area contributed by atoms with Gasteiger partial charge in [0.2, 0.25) is 5.91 Å². The first-order valence-corrected chi connectivity index (χ1v) is 7.72. The summed E-state index contributed by atoms with van der Waals surface area (Å²) in [5, 5.41) is 8.68. The molecule has 1 aliphatic carbocycles. The van der Waals surface area contributed by atoms with E-state index in [-0.39, 0.29) is 25.1 Å². The Hall–Kier alpha value is -1.84. The number of rotatable bonds is 4. The molecular weight excluding hydrogens is 288 g/mol. The average molecular weight is 306 g/mol. The molecule has 3 N–H and O–H groups in total. The normalized spacial score (nSPS) is 14.5. The van der Waals surface area contributed by atoms with Crippen LogP contribution in [0.15, 0.2) is 12.1 Å². The van der Waals surface area contributed by atoms with Crippen LogP contribution in [0.4, 0.5) is 0 Å². The largest absolute Gasteiger partial charge is 0.384 e. The summed E-state index contributed by atoms with van der Waals surface area (Å²) in [6, 6.07) is 3.55. The average Bonchev–Trinajstić information content (AvgIpc) is 3.12. The van der Waals surface area contributed by atoms with Crippen molar-refractivity contribution in [2.75, 3.05) is 13.2 Å². The second-order valence-corrected chi connectivity index (χ2v) is 6.05. The lowest BCUT2D eigenvalue weighted by Gasteiger charge is -2.27. The summed E-state index contributed by atoms with van der Waals surface area (Å²) >= 11 is 1.27. The van der Waals surface area contributed by atoms with Crippen LogP contribution in [0, 0.1) is 11.8 Å². The third kappa shape index (κ3) is 4.06. The Balaban J connectivity index is 2.16. The molecule has 2 amide bonds. The van der Waals surface area contributed by atoms with Gasteiger partial charge in [-0.25, -0.2) is 0 Å². The summed E-state index contributed by atoms with van der Waals surface area (Å²) < 4.78 is 0. The van der Waals surface area contributed by atoms with Crippen molar-refractivity contribution in [3.8, 4) is 11.8 Å². The minimum atomic E-state index is -0.493. The Bertz CT molecular complexity index is 579. The number of amides is 2. The second kappa shape index (κ2) is 7.25. The van der Waals surface area contributed by atoms with Crippen molar-refractivity contribution in [2.45, 2.75) is 31.7 Å². The fourth-order valence-corrected chi connectivity index (χ4v) is 3.38. The molecule has 1 saturated carbocycles. The molecule has 0 unspecified atom stereocenters. The minimum Gasteiger partial charge on any atom is -0.384 e. The van der Waals surface area contributed by atoms with Crippen LogP contribution in [-0.4, -0.2) is 41.0 Å². The number of thiophene rings is 1. The van der Waals surface area contributed by atoms with Gasteiger partial charge in [-0.05, 0) is 25.0 Å². The fraction of sp³-hybridized carbons (Fsp3) is 0.467. The maximum Gasteiger partial charge on any atom is 0.264 e. The Morgan fingerprint density at radius 2 is 2.10 bits per heavy atom. The van der Waals surface area contributed by atoms with E-state index in [2.05, 4.69) is 11.8 Å². The van der Waals surface area contributed by atoms with Crippen LogP contribution >= 0.6 is 11.3 Å². The van der Waals surface area contributed by atoms with E-state index < -0.39 is 5.91 Å². The second-order valence-electron chi connectivity index (χ2n) is 4.96. The monoisotopic (exact) mass is 306 g/mol. The molecule has 1 heterocycles. The smallest absolute Gasteiger partial charge is 0.264 e. The number of hydrogen-bond acceptors (Lipinski definition) is 4. The van der Waals surface area contributed by atoms with Crippen molar-refractivity contribution in [2.24, 2.45) is 5.73 Å². The van der Waals surface area contributed by atoms with Crippen LogP contribution in [0.2, 0.25) is 0 Å². The Kier molecular flexibility index (Phi) is 5.37. The highest BCUT2D eigenvalue weighted by molar-refractivity contribution is 7.14. The molecule has 21 heavy (non-hydrogen) atoms. The van der Waals surface area contributed by atoms with Gasteiger partial charge in [0.05, 0.1) is 16.3 Å². The molecule has 0 aromatic carbocycles. The van der Waals surface area contributed by atoms with Crippen molar-refractivity contribution >= 4 is 23.2 Å². The highest BCUT2D eigenvalue weighted by Gasteiger charge is 2.29. The first-order chi connectivity index (χ1) is 10.1. The predicted octanol–water partition coefficient (Wildman–Crippen LogP) is 0.962. The van der Waals surface area contributed by atoms with Crippen molar-refractivity contribution in [3.05, 3.63) is 21.9 Å². The number of nitrogens with two attached hydrogens (primary N) is 1. The number of carbonyl (C=O) groups is 2. The summed E-state index contributed by atoms with van der Waals surface area (Å²) in [6.07, 6.45) is 3.99. The zero-order valence-corrected chi connectivity index (χ0v) is 12.5. The number of carbonyl (C=O) groups excluding carboxylic acids is 2. The maximum absolute atomic E-state index is 12.6. The van der Waals surface area contributed by atoms with Crippen LogP contribution in [0.25, 0.3) is 0 Å². The third-order valence-electron chi connectivity index (χ3n) is 3.46. The SMILES string of the molecule is NC(=O)CN(C(=O)c1ccc(C#CCO)s1)C1CCCC1. The topological polar surface area (TPSA) is 83.6 Å². The van der Waals surface area contributed by atoms with E-state index >= 15 is 0 Å². The molecule has 5 nitrogen and oxygen atoms in total. The maximum atomic E-state index is 12.6. The summed E-state index contributed by atoms with van der Waals surface area (Å²) in [6.45, 7) is -0.254. The van der Waals surface area contributed by atoms with Crippen LogP contribution in [0.1, 0.15) is 40.2 Å². The van der Waals surface area contributed by atoms with Crippen LogP contribution in [-0.2, 0) is 4.79 Å². The van der Waals surface area contributed by atoms with E-state index in [1.807, 2.05) is 0 Å². The zero-order valence-electron chi connectivity index (χ0n) is 11.7. The van der Waals surface area contributed by atoms with Gasteiger partial charge in [-0.2, -0.15) is 0 Å². The van der Waals surface area contributed by atoms with Crippen molar-refractivity contribution in [1.29, 1.82) is 0 Å². The minimum absolute atomic E-state index is 0.0426. The molecule has 0 radical (unpaired) electrons. The first kappa shape index (κ1) is 15.5. The molecule has 0 spiro atoms. The van der Waals surface area contributed by atoms with Crippen molar-refractivity contribution < 1.29 is 14.7 Å². The number of primary amides is 1. The van der Waals surface area contributed by atoms with Gasteiger partial charge in [0.1, 0.15) is 6.61 Å². The molecule has 1 aromatic rings. The van der Waals surface area contributed by atoms with Gasteiger partial charge in [-0.3, -0.25) is 9.59 Å². The molecule has 6 heteroatoms. The predicted molar refractivity (Wildman–Crippen MR) is 80.8 cm³/mol. The van der Waals surface area contributed by atoms with Crippen molar-refractivity contribution in [1.82, 2.24) is 4.90 Å². The van der Waals surface area contributed by atoms with Gasteiger partial charge >= 0.3 is 0 Å².